The van der Waals surface area contributed by atoms with E-state index in [1.54, 1.807) is 19.1 Å². The Balaban J connectivity index is 2.14. The van der Waals surface area contributed by atoms with E-state index in [9.17, 15) is 9.50 Å². The summed E-state index contributed by atoms with van der Waals surface area (Å²) in [4.78, 5) is 1.96. The van der Waals surface area contributed by atoms with Gasteiger partial charge in [0.25, 0.3) is 0 Å². The number of anilines is 2. The summed E-state index contributed by atoms with van der Waals surface area (Å²) in [5.74, 6) is -0.282. The average molecular weight is 257 g/mol. The van der Waals surface area contributed by atoms with Gasteiger partial charge in [0.2, 0.25) is 0 Å². The predicted molar refractivity (Wildman–Crippen MR) is 74.2 cm³/mol. The van der Waals surface area contributed by atoms with Crippen molar-refractivity contribution in [1.82, 2.24) is 0 Å². The van der Waals surface area contributed by atoms with Crippen LogP contribution in [0.5, 0.6) is 0 Å². The third-order valence-electron chi connectivity index (χ3n) is 3.63. The molecule has 0 aliphatic carbocycles. The Kier molecular flexibility index (Phi) is 2.99. The minimum absolute atomic E-state index is 0.282. The number of halogens is 1. The van der Waals surface area contributed by atoms with Gasteiger partial charge in [-0.25, -0.2) is 4.39 Å². The number of hydrogen-bond donors (Lipinski definition) is 1. The van der Waals surface area contributed by atoms with Crippen molar-refractivity contribution in [2.75, 3.05) is 11.4 Å². The van der Waals surface area contributed by atoms with E-state index in [0.29, 0.717) is 11.3 Å². The minimum atomic E-state index is -0.682. The van der Waals surface area contributed by atoms with Gasteiger partial charge in [-0.15, -0.1) is 0 Å². The van der Waals surface area contributed by atoms with Gasteiger partial charge in [0.15, 0.2) is 0 Å². The highest BCUT2D eigenvalue weighted by molar-refractivity contribution is 5.72. The van der Waals surface area contributed by atoms with Gasteiger partial charge >= 0.3 is 0 Å². The van der Waals surface area contributed by atoms with Crippen LogP contribution in [0.2, 0.25) is 0 Å². The molecule has 19 heavy (non-hydrogen) atoms. The van der Waals surface area contributed by atoms with Crippen molar-refractivity contribution in [3.63, 3.8) is 0 Å². The summed E-state index contributed by atoms with van der Waals surface area (Å²) in [7, 11) is 0. The molecule has 1 N–H and O–H groups in total. The molecule has 98 valence electrons. The summed E-state index contributed by atoms with van der Waals surface area (Å²) in [5, 5.41) is 9.84. The largest absolute Gasteiger partial charge is 0.389 e. The quantitative estimate of drug-likeness (QED) is 0.889. The van der Waals surface area contributed by atoms with Gasteiger partial charge in [-0.3, -0.25) is 0 Å². The SMILES string of the molecule is CC(O)c1cccc(F)c1N1CCc2ccccc21. The maximum Gasteiger partial charge on any atom is 0.147 e. The van der Waals surface area contributed by atoms with Crippen LogP contribution in [0.25, 0.3) is 0 Å². The van der Waals surface area contributed by atoms with Gasteiger partial charge in [-0.2, -0.15) is 0 Å². The Hall–Kier alpha value is -1.87. The lowest BCUT2D eigenvalue weighted by Crippen LogP contribution is -2.17. The predicted octanol–water partition coefficient (Wildman–Crippen LogP) is 3.57. The highest BCUT2D eigenvalue weighted by Gasteiger charge is 2.25. The number of nitrogens with zero attached hydrogens (tertiary/aromatic N) is 1. The van der Waals surface area contributed by atoms with Crippen molar-refractivity contribution in [2.24, 2.45) is 0 Å². The Bertz CT molecular complexity index is 609. The number of hydrogen-bond acceptors (Lipinski definition) is 2. The molecule has 1 heterocycles. The van der Waals surface area contributed by atoms with E-state index in [4.69, 9.17) is 0 Å². The number of aliphatic hydroxyl groups is 1. The number of rotatable bonds is 2. The molecule has 1 atom stereocenters. The van der Waals surface area contributed by atoms with Crippen LogP contribution in [0.1, 0.15) is 24.2 Å². The lowest BCUT2D eigenvalue weighted by Gasteiger charge is -2.24. The van der Waals surface area contributed by atoms with Gasteiger partial charge in [-0.1, -0.05) is 30.3 Å². The topological polar surface area (TPSA) is 23.5 Å². The molecule has 2 aromatic carbocycles. The monoisotopic (exact) mass is 257 g/mol. The second-order valence-electron chi connectivity index (χ2n) is 4.88. The first kappa shape index (κ1) is 12.2. The normalized spacial score (nSPS) is 15.4. The third kappa shape index (κ3) is 2.00. The molecular weight excluding hydrogens is 241 g/mol. The zero-order valence-corrected chi connectivity index (χ0v) is 10.8. The number of aliphatic hydroxyl groups excluding tert-OH is 1. The van der Waals surface area contributed by atoms with Crippen molar-refractivity contribution in [3.8, 4) is 0 Å². The Labute approximate surface area is 112 Å². The number of fused-ring (bicyclic) bond motifs is 1. The molecule has 3 heteroatoms. The molecule has 0 bridgehead atoms. The maximum absolute atomic E-state index is 14.2. The molecule has 0 spiro atoms. The molecule has 0 radical (unpaired) electrons. The Morgan fingerprint density at radius 1 is 1.16 bits per heavy atom. The van der Waals surface area contributed by atoms with Crippen molar-refractivity contribution in [2.45, 2.75) is 19.4 Å². The fourth-order valence-corrected chi connectivity index (χ4v) is 2.72. The third-order valence-corrected chi connectivity index (χ3v) is 3.63. The van der Waals surface area contributed by atoms with Crippen molar-refractivity contribution in [1.29, 1.82) is 0 Å². The molecule has 1 aliphatic rings. The van der Waals surface area contributed by atoms with E-state index in [0.717, 1.165) is 18.7 Å². The summed E-state index contributed by atoms with van der Waals surface area (Å²) in [5.41, 5.74) is 3.40. The lowest BCUT2D eigenvalue weighted by atomic mass is 10.1. The standard InChI is InChI=1S/C16H16FNO/c1-11(19)13-6-4-7-14(17)16(13)18-10-9-12-5-2-3-8-15(12)18/h2-8,11,19H,9-10H2,1H3. The van der Waals surface area contributed by atoms with Crippen LogP contribution in [0, 0.1) is 5.82 Å². The van der Waals surface area contributed by atoms with Crippen molar-refractivity contribution < 1.29 is 9.50 Å². The van der Waals surface area contributed by atoms with Crippen LogP contribution < -0.4 is 4.90 Å². The second kappa shape index (κ2) is 4.67. The van der Waals surface area contributed by atoms with Crippen LogP contribution in [-0.4, -0.2) is 11.7 Å². The van der Waals surface area contributed by atoms with E-state index in [-0.39, 0.29) is 5.82 Å². The van der Waals surface area contributed by atoms with E-state index >= 15 is 0 Å². The van der Waals surface area contributed by atoms with E-state index < -0.39 is 6.10 Å². The van der Waals surface area contributed by atoms with Gasteiger partial charge in [0, 0.05) is 17.8 Å². The zero-order valence-electron chi connectivity index (χ0n) is 10.8. The van der Waals surface area contributed by atoms with Crippen LogP contribution in [0.3, 0.4) is 0 Å². The Morgan fingerprint density at radius 2 is 1.95 bits per heavy atom. The highest BCUT2D eigenvalue weighted by atomic mass is 19.1. The molecule has 0 saturated carbocycles. The van der Waals surface area contributed by atoms with Gasteiger partial charge in [-0.05, 0) is 31.0 Å². The molecule has 3 rings (SSSR count). The summed E-state index contributed by atoms with van der Waals surface area (Å²) in [6, 6.07) is 12.9. The second-order valence-corrected chi connectivity index (χ2v) is 4.88. The van der Waals surface area contributed by atoms with Crippen molar-refractivity contribution >= 4 is 11.4 Å². The molecule has 1 unspecified atom stereocenters. The van der Waals surface area contributed by atoms with Crippen LogP contribution in [-0.2, 0) is 6.42 Å². The molecule has 0 fully saturated rings. The van der Waals surface area contributed by atoms with Crippen molar-refractivity contribution in [3.05, 3.63) is 59.4 Å². The summed E-state index contributed by atoms with van der Waals surface area (Å²) >= 11 is 0. The van der Waals surface area contributed by atoms with Gasteiger partial charge in [0.1, 0.15) is 5.82 Å². The summed E-state index contributed by atoms with van der Waals surface area (Å²) < 4.78 is 14.2. The minimum Gasteiger partial charge on any atom is -0.389 e. The molecule has 0 amide bonds. The van der Waals surface area contributed by atoms with E-state index in [1.807, 2.05) is 23.1 Å². The molecule has 2 nitrogen and oxygen atoms in total. The van der Waals surface area contributed by atoms with E-state index in [1.165, 1.54) is 11.6 Å². The number of benzene rings is 2. The van der Waals surface area contributed by atoms with Crippen LogP contribution in [0.15, 0.2) is 42.5 Å². The molecule has 1 aliphatic heterocycles. The smallest absolute Gasteiger partial charge is 0.147 e. The molecule has 0 saturated heterocycles. The first-order valence-electron chi connectivity index (χ1n) is 6.50. The van der Waals surface area contributed by atoms with Crippen LogP contribution >= 0.6 is 0 Å². The van der Waals surface area contributed by atoms with Gasteiger partial charge in [0.05, 0.1) is 11.8 Å². The van der Waals surface area contributed by atoms with Crippen LogP contribution in [0.4, 0.5) is 15.8 Å². The molecular formula is C16H16FNO. The van der Waals surface area contributed by atoms with E-state index in [2.05, 4.69) is 6.07 Å². The number of para-hydroxylation sites is 2. The van der Waals surface area contributed by atoms with Gasteiger partial charge < -0.3 is 10.0 Å². The zero-order chi connectivity index (χ0) is 13.4. The summed E-state index contributed by atoms with van der Waals surface area (Å²) in [6.07, 6.45) is 0.225. The highest BCUT2D eigenvalue weighted by Crippen LogP contribution is 2.39. The first-order valence-corrected chi connectivity index (χ1v) is 6.50. The first-order chi connectivity index (χ1) is 9.18. The fraction of sp³-hybridized carbons (Fsp3) is 0.250. The molecule has 2 aromatic rings. The fourth-order valence-electron chi connectivity index (χ4n) is 2.72. The molecule has 0 aromatic heterocycles. The lowest BCUT2D eigenvalue weighted by molar-refractivity contribution is 0.199. The Morgan fingerprint density at radius 3 is 2.74 bits per heavy atom. The summed E-state index contributed by atoms with van der Waals surface area (Å²) in [6.45, 7) is 2.42. The maximum atomic E-state index is 14.2. The average Bonchev–Trinajstić information content (AvgIpc) is 2.82.